The zero-order valence-electron chi connectivity index (χ0n) is 21.8. The summed E-state index contributed by atoms with van der Waals surface area (Å²) in [5.74, 6) is -0.856. The van der Waals surface area contributed by atoms with Gasteiger partial charge in [0.25, 0.3) is 0 Å². The first kappa shape index (κ1) is 23.3. The summed E-state index contributed by atoms with van der Waals surface area (Å²) in [5, 5.41) is 3.04. The fourth-order valence-corrected chi connectivity index (χ4v) is 6.21. The van der Waals surface area contributed by atoms with Crippen LogP contribution in [-0.2, 0) is 0 Å². The van der Waals surface area contributed by atoms with E-state index in [0.717, 1.165) is 32.8 Å². The Kier molecular flexibility index (Phi) is 4.94. The number of benzene rings is 5. The largest absolute Gasteiger partial charge is 0.305 e. The number of hydrogen-bond acceptors (Lipinski definition) is 3. The van der Waals surface area contributed by atoms with Gasteiger partial charge in [0.2, 0.25) is 5.78 Å². The second-order valence-electron chi connectivity index (χ2n) is 10.3. The topological polar surface area (TPSA) is 55.6 Å². The van der Waals surface area contributed by atoms with Crippen molar-refractivity contribution in [2.45, 2.75) is 0 Å². The molecule has 8 rings (SSSR count). The van der Waals surface area contributed by atoms with E-state index in [4.69, 9.17) is 0 Å². The molecular weight excluding hydrogens is 506 g/mol. The molecule has 41 heavy (non-hydrogen) atoms. The summed E-state index contributed by atoms with van der Waals surface area (Å²) in [4.78, 5) is 42.4. The van der Waals surface area contributed by atoms with Gasteiger partial charge in [0.15, 0.2) is 11.6 Å². The molecule has 4 heteroatoms. The monoisotopic (exact) mass is 527 g/mol. The Morgan fingerprint density at radius 3 is 1.85 bits per heavy atom. The lowest BCUT2D eigenvalue weighted by Gasteiger charge is -2.15. The molecule has 0 saturated heterocycles. The van der Waals surface area contributed by atoms with Crippen LogP contribution in [0.5, 0.6) is 0 Å². The molecule has 0 radical (unpaired) electrons. The summed E-state index contributed by atoms with van der Waals surface area (Å²) in [7, 11) is 0. The molecule has 1 aliphatic rings. The van der Waals surface area contributed by atoms with Crippen LogP contribution in [-0.4, -0.2) is 21.8 Å². The van der Waals surface area contributed by atoms with Crippen molar-refractivity contribution in [3.05, 3.63) is 161 Å². The first-order valence-corrected chi connectivity index (χ1v) is 13.5. The average molecular weight is 528 g/mol. The van der Waals surface area contributed by atoms with Gasteiger partial charge in [0, 0.05) is 22.1 Å². The van der Waals surface area contributed by atoms with Crippen LogP contribution in [0.3, 0.4) is 0 Å². The molecule has 0 amide bonds. The maximum atomic E-state index is 14.4. The molecule has 0 saturated carbocycles. The minimum absolute atomic E-state index is 0.173. The zero-order chi connectivity index (χ0) is 27.7. The van der Waals surface area contributed by atoms with Gasteiger partial charge >= 0.3 is 0 Å². The molecule has 7 aromatic rings. The van der Waals surface area contributed by atoms with Crippen LogP contribution < -0.4 is 0 Å². The first-order chi connectivity index (χ1) is 20.1. The number of hydrogen-bond donors (Lipinski definition) is 0. The average Bonchev–Trinajstić information content (AvgIpc) is 3.40. The number of ketones is 3. The summed E-state index contributed by atoms with van der Waals surface area (Å²) >= 11 is 0. The highest BCUT2D eigenvalue weighted by atomic mass is 16.1. The van der Waals surface area contributed by atoms with E-state index >= 15 is 0 Å². The van der Waals surface area contributed by atoms with E-state index in [9.17, 15) is 14.4 Å². The van der Waals surface area contributed by atoms with E-state index in [2.05, 4.69) is 0 Å². The van der Waals surface area contributed by atoms with E-state index in [1.807, 2.05) is 95.4 Å². The smallest absolute Gasteiger partial charge is 0.210 e. The highest BCUT2D eigenvalue weighted by molar-refractivity contribution is 6.34. The van der Waals surface area contributed by atoms with Gasteiger partial charge in [-0.3, -0.25) is 14.4 Å². The third kappa shape index (κ3) is 3.31. The Labute approximate surface area is 235 Å². The highest BCUT2D eigenvalue weighted by Gasteiger charge is 2.38. The van der Waals surface area contributed by atoms with Crippen LogP contribution in [0.25, 0.3) is 38.3 Å². The SMILES string of the molecule is O=C1c2ccccc2C(=O)c2c1c(C(=O)c1ccc(-c3ccccc3)cc1)n1c2ccc2c3ccccc3ccc21. The third-order valence-electron chi connectivity index (χ3n) is 8.14. The number of nitrogens with zero attached hydrogens (tertiary/aromatic N) is 1. The zero-order valence-corrected chi connectivity index (χ0v) is 21.8. The molecular formula is C37H21NO3. The molecule has 0 aliphatic heterocycles. The van der Waals surface area contributed by atoms with Gasteiger partial charge in [0.1, 0.15) is 5.69 Å². The van der Waals surface area contributed by atoms with Gasteiger partial charge < -0.3 is 4.40 Å². The molecule has 0 atom stereocenters. The van der Waals surface area contributed by atoms with Crippen molar-refractivity contribution in [1.29, 1.82) is 0 Å². The molecule has 5 aromatic carbocycles. The Morgan fingerprint density at radius 1 is 0.488 bits per heavy atom. The number of pyridine rings is 1. The van der Waals surface area contributed by atoms with Crippen LogP contribution in [0.1, 0.15) is 47.9 Å². The van der Waals surface area contributed by atoms with E-state index in [0.29, 0.717) is 22.2 Å². The number of rotatable bonds is 3. The van der Waals surface area contributed by atoms with Crippen LogP contribution in [0, 0.1) is 0 Å². The predicted molar refractivity (Wildman–Crippen MR) is 161 cm³/mol. The summed E-state index contributed by atoms with van der Waals surface area (Å²) in [5.41, 5.74) is 5.17. The summed E-state index contributed by atoms with van der Waals surface area (Å²) < 4.78 is 1.82. The molecule has 2 heterocycles. The maximum absolute atomic E-state index is 14.4. The van der Waals surface area contributed by atoms with Crippen LogP contribution in [0.2, 0.25) is 0 Å². The van der Waals surface area contributed by atoms with E-state index < -0.39 is 0 Å². The lowest BCUT2D eigenvalue weighted by atomic mass is 9.84. The molecule has 0 N–H and O–H groups in total. The summed E-state index contributed by atoms with van der Waals surface area (Å²) in [6.45, 7) is 0. The van der Waals surface area contributed by atoms with Crippen molar-refractivity contribution in [2.24, 2.45) is 0 Å². The van der Waals surface area contributed by atoms with Crippen LogP contribution in [0.4, 0.5) is 0 Å². The van der Waals surface area contributed by atoms with Crippen molar-refractivity contribution >= 4 is 44.5 Å². The number of aromatic nitrogens is 1. The lowest BCUT2D eigenvalue weighted by Crippen LogP contribution is -2.21. The number of carbonyl (C=O) groups excluding carboxylic acids is 3. The van der Waals surface area contributed by atoms with Gasteiger partial charge in [-0.2, -0.15) is 0 Å². The van der Waals surface area contributed by atoms with Crippen LogP contribution in [0.15, 0.2) is 127 Å². The highest BCUT2D eigenvalue weighted by Crippen LogP contribution is 2.38. The van der Waals surface area contributed by atoms with Crippen molar-refractivity contribution in [2.75, 3.05) is 0 Å². The van der Waals surface area contributed by atoms with Gasteiger partial charge in [-0.1, -0.05) is 115 Å². The van der Waals surface area contributed by atoms with E-state index in [-0.39, 0.29) is 34.2 Å². The summed E-state index contributed by atoms with van der Waals surface area (Å²) in [6.07, 6.45) is 0. The molecule has 1 aliphatic carbocycles. The van der Waals surface area contributed by atoms with E-state index in [1.54, 1.807) is 36.4 Å². The number of fused-ring (bicyclic) bond motifs is 8. The Hall–Kier alpha value is -5.61. The molecule has 0 fully saturated rings. The third-order valence-corrected chi connectivity index (χ3v) is 8.14. The normalized spacial score (nSPS) is 12.6. The Balaban J connectivity index is 1.43. The fourth-order valence-electron chi connectivity index (χ4n) is 6.21. The molecule has 0 spiro atoms. The van der Waals surface area contributed by atoms with Gasteiger partial charge in [-0.25, -0.2) is 0 Å². The Bertz CT molecular complexity index is 2240. The van der Waals surface area contributed by atoms with Crippen molar-refractivity contribution in [3.8, 4) is 11.1 Å². The predicted octanol–water partition coefficient (Wildman–Crippen LogP) is 7.92. The maximum Gasteiger partial charge on any atom is 0.210 e. The van der Waals surface area contributed by atoms with Gasteiger partial charge in [-0.15, -0.1) is 0 Å². The molecule has 4 nitrogen and oxygen atoms in total. The van der Waals surface area contributed by atoms with Crippen LogP contribution >= 0.6 is 0 Å². The lowest BCUT2D eigenvalue weighted by molar-refractivity contribution is 0.0973. The quantitative estimate of drug-likeness (QED) is 0.173. The Morgan fingerprint density at radius 2 is 1.10 bits per heavy atom. The minimum Gasteiger partial charge on any atom is -0.305 e. The molecule has 2 aromatic heterocycles. The standard InChI is InChI=1S/C37H21NO3/c39-35(25-16-14-23(15-17-25)22-8-2-1-3-9-22)34-33-32(36(40)28-12-6-7-13-29(28)37(33)41)31-21-19-27-26-11-5-4-10-24(26)18-20-30(27)38(31)34/h1-21H. The first-order valence-electron chi connectivity index (χ1n) is 13.5. The molecule has 192 valence electrons. The van der Waals surface area contributed by atoms with Gasteiger partial charge in [0.05, 0.1) is 22.2 Å². The molecule has 0 unspecified atom stereocenters. The van der Waals surface area contributed by atoms with E-state index in [1.165, 1.54) is 0 Å². The van der Waals surface area contributed by atoms with Crippen molar-refractivity contribution in [3.63, 3.8) is 0 Å². The van der Waals surface area contributed by atoms with Crippen molar-refractivity contribution in [1.82, 2.24) is 4.40 Å². The minimum atomic E-state index is -0.308. The van der Waals surface area contributed by atoms with Gasteiger partial charge in [-0.05, 0) is 34.0 Å². The molecule has 0 bridgehead atoms. The number of carbonyl (C=O) groups is 3. The summed E-state index contributed by atoms with van der Waals surface area (Å²) in [6, 6.07) is 40.1. The fraction of sp³-hybridized carbons (Fsp3) is 0. The second-order valence-corrected chi connectivity index (χ2v) is 10.3. The van der Waals surface area contributed by atoms with Crippen molar-refractivity contribution < 1.29 is 14.4 Å². The second kappa shape index (κ2) is 8.70.